The minimum Gasteiger partial charge on any atom is -0.323 e. The third-order valence-corrected chi connectivity index (χ3v) is 2.11. The second kappa shape index (κ2) is 4.05. The number of halogens is 2. The highest BCUT2D eigenvalue weighted by molar-refractivity contribution is 5.17. The van der Waals surface area contributed by atoms with E-state index in [0.29, 0.717) is 5.56 Å². The molecule has 0 saturated carbocycles. The zero-order chi connectivity index (χ0) is 10.8. The van der Waals surface area contributed by atoms with E-state index in [4.69, 9.17) is 5.73 Å². The molecule has 78 valence electrons. The van der Waals surface area contributed by atoms with E-state index >= 15 is 0 Å². The molecule has 0 fully saturated rings. The van der Waals surface area contributed by atoms with Crippen LogP contribution in [-0.4, -0.2) is 11.7 Å². The van der Waals surface area contributed by atoms with Gasteiger partial charge in [-0.1, -0.05) is 12.1 Å². The summed E-state index contributed by atoms with van der Waals surface area (Å²) in [4.78, 5) is 0. The van der Waals surface area contributed by atoms with Gasteiger partial charge in [-0.3, -0.25) is 0 Å². The van der Waals surface area contributed by atoms with Crippen LogP contribution in [-0.2, 0) is 6.42 Å². The molecule has 14 heavy (non-hydrogen) atoms. The Morgan fingerprint density at radius 2 is 2.07 bits per heavy atom. The van der Waals surface area contributed by atoms with Crippen LogP contribution in [0.5, 0.6) is 0 Å². The van der Waals surface area contributed by atoms with Crippen LogP contribution in [0.2, 0.25) is 0 Å². The van der Waals surface area contributed by atoms with Gasteiger partial charge in [0.05, 0.1) is 0 Å². The Bertz CT molecular complexity index is 304. The molecule has 0 aliphatic heterocycles. The summed E-state index contributed by atoms with van der Waals surface area (Å²) < 4.78 is 26.2. The lowest BCUT2D eigenvalue weighted by Gasteiger charge is -2.23. The van der Waals surface area contributed by atoms with Crippen molar-refractivity contribution in [2.24, 2.45) is 5.73 Å². The zero-order valence-electron chi connectivity index (χ0n) is 8.43. The molecule has 1 aromatic carbocycles. The lowest BCUT2D eigenvalue weighted by Crippen LogP contribution is -2.43. The van der Waals surface area contributed by atoms with Crippen molar-refractivity contribution in [2.45, 2.75) is 32.0 Å². The molecule has 0 aromatic heterocycles. The summed E-state index contributed by atoms with van der Waals surface area (Å²) in [5, 5.41) is 0. The van der Waals surface area contributed by atoms with Gasteiger partial charge in [-0.15, -0.1) is 0 Å². The first-order valence-electron chi connectivity index (χ1n) is 4.57. The summed E-state index contributed by atoms with van der Waals surface area (Å²) >= 11 is 0. The van der Waals surface area contributed by atoms with Gasteiger partial charge in [0, 0.05) is 12.0 Å². The lowest BCUT2D eigenvalue weighted by molar-refractivity contribution is 0.218. The maximum Gasteiger partial charge on any atom is 0.123 e. The normalized spacial score (nSPS) is 14.1. The fraction of sp³-hybridized carbons (Fsp3) is 0.455. The molecule has 0 aliphatic carbocycles. The highest BCUT2D eigenvalue weighted by atomic mass is 19.1. The van der Waals surface area contributed by atoms with Crippen LogP contribution in [0.15, 0.2) is 24.3 Å². The van der Waals surface area contributed by atoms with Crippen molar-refractivity contribution in [3.8, 4) is 0 Å². The smallest absolute Gasteiger partial charge is 0.123 e. The molecule has 1 rings (SSSR count). The number of hydrogen-bond acceptors (Lipinski definition) is 1. The molecule has 1 aromatic rings. The maximum atomic E-state index is 13.5. The van der Waals surface area contributed by atoms with Crippen molar-refractivity contribution >= 4 is 0 Å². The highest BCUT2D eigenvalue weighted by Gasteiger charge is 2.24. The van der Waals surface area contributed by atoms with E-state index in [0.717, 1.165) is 0 Å². The molecule has 1 nitrogen and oxygen atoms in total. The Balaban J connectivity index is 2.70. The van der Waals surface area contributed by atoms with E-state index in [-0.39, 0.29) is 12.2 Å². The fourth-order valence-corrected chi connectivity index (χ4v) is 1.13. The van der Waals surface area contributed by atoms with Crippen molar-refractivity contribution in [3.05, 3.63) is 35.6 Å². The number of benzene rings is 1. The molecule has 0 saturated heterocycles. The van der Waals surface area contributed by atoms with Crippen molar-refractivity contribution < 1.29 is 8.78 Å². The van der Waals surface area contributed by atoms with Gasteiger partial charge in [-0.25, -0.2) is 8.78 Å². The maximum absolute atomic E-state index is 13.5. The predicted molar refractivity (Wildman–Crippen MR) is 53.3 cm³/mol. The number of hydrogen-bond donors (Lipinski definition) is 1. The molecular weight excluding hydrogens is 184 g/mol. The van der Waals surface area contributed by atoms with Crippen molar-refractivity contribution in [1.29, 1.82) is 0 Å². The summed E-state index contributed by atoms with van der Waals surface area (Å²) in [6.45, 7) is 3.24. The van der Waals surface area contributed by atoms with E-state index in [2.05, 4.69) is 0 Å². The van der Waals surface area contributed by atoms with Gasteiger partial charge >= 0.3 is 0 Å². The summed E-state index contributed by atoms with van der Waals surface area (Å²) in [6.07, 6.45) is -1.01. The van der Waals surface area contributed by atoms with Gasteiger partial charge in [0.2, 0.25) is 0 Å². The monoisotopic (exact) mass is 199 g/mol. The average Bonchev–Trinajstić information content (AvgIpc) is 2.02. The Morgan fingerprint density at radius 3 is 2.57 bits per heavy atom. The van der Waals surface area contributed by atoms with Crippen LogP contribution in [0.1, 0.15) is 19.4 Å². The molecule has 0 heterocycles. The summed E-state index contributed by atoms with van der Waals surface area (Å²) in [5.41, 5.74) is 5.35. The zero-order valence-corrected chi connectivity index (χ0v) is 8.43. The number of nitrogens with two attached hydrogens (primary N) is 1. The molecule has 3 heteroatoms. The van der Waals surface area contributed by atoms with Gasteiger partial charge in [0.25, 0.3) is 0 Å². The van der Waals surface area contributed by atoms with Crippen LogP contribution < -0.4 is 5.73 Å². The van der Waals surface area contributed by atoms with Crippen LogP contribution in [0, 0.1) is 5.82 Å². The molecule has 0 amide bonds. The van der Waals surface area contributed by atoms with Gasteiger partial charge in [0.15, 0.2) is 0 Å². The highest BCUT2D eigenvalue weighted by Crippen LogP contribution is 2.16. The summed E-state index contributed by atoms with van der Waals surface area (Å²) in [7, 11) is 0. The molecule has 1 unspecified atom stereocenters. The first-order chi connectivity index (χ1) is 6.39. The van der Waals surface area contributed by atoms with E-state index in [1.807, 2.05) is 0 Å². The molecule has 2 N–H and O–H groups in total. The van der Waals surface area contributed by atoms with Gasteiger partial charge < -0.3 is 5.73 Å². The van der Waals surface area contributed by atoms with Crippen LogP contribution >= 0.6 is 0 Å². The molecule has 1 atom stereocenters. The quantitative estimate of drug-likeness (QED) is 0.795. The van der Waals surface area contributed by atoms with Crippen LogP contribution in [0.4, 0.5) is 8.78 Å². The second-order valence-corrected chi connectivity index (χ2v) is 4.12. The van der Waals surface area contributed by atoms with E-state index in [9.17, 15) is 8.78 Å². The standard InChI is InChI=1S/C11H15F2N/c1-11(2,14)10(13)7-8-4-3-5-9(12)6-8/h3-6,10H,7,14H2,1-2H3. The molecule has 0 aliphatic rings. The molecule has 0 spiro atoms. The van der Waals surface area contributed by atoms with Crippen molar-refractivity contribution in [2.75, 3.05) is 0 Å². The minimum absolute atomic E-state index is 0.154. The van der Waals surface area contributed by atoms with Gasteiger partial charge in [0.1, 0.15) is 12.0 Å². The van der Waals surface area contributed by atoms with E-state index in [1.165, 1.54) is 12.1 Å². The third-order valence-electron chi connectivity index (χ3n) is 2.11. The Labute approximate surface area is 82.9 Å². The average molecular weight is 199 g/mol. The van der Waals surface area contributed by atoms with Crippen molar-refractivity contribution in [3.63, 3.8) is 0 Å². The molecule has 0 radical (unpaired) electrons. The first kappa shape index (κ1) is 11.1. The van der Waals surface area contributed by atoms with Crippen molar-refractivity contribution in [1.82, 2.24) is 0 Å². The predicted octanol–water partition coefficient (Wildman–Crippen LogP) is 2.44. The van der Waals surface area contributed by atoms with Crippen LogP contribution in [0.25, 0.3) is 0 Å². The van der Waals surface area contributed by atoms with E-state index in [1.54, 1.807) is 26.0 Å². The SMILES string of the molecule is CC(C)(N)C(F)Cc1cccc(F)c1. The summed E-state index contributed by atoms with van der Waals surface area (Å²) in [6, 6.07) is 5.94. The van der Waals surface area contributed by atoms with Gasteiger partial charge in [-0.05, 0) is 31.5 Å². The third kappa shape index (κ3) is 3.07. The Morgan fingerprint density at radius 1 is 1.43 bits per heavy atom. The topological polar surface area (TPSA) is 26.0 Å². The largest absolute Gasteiger partial charge is 0.323 e. The lowest BCUT2D eigenvalue weighted by atomic mass is 9.94. The number of alkyl halides is 1. The molecule has 0 bridgehead atoms. The Hall–Kier alpha value is -0.960. The summed E-state index contributed by atoms with van der Waals surface area (Å²) in [5.74, 6) is -0.343. The Kier molecular flexibility index (Phi) is 3.21. The first-order valence-corrected chi connectivity index (χ1v) is 4.57. The second-order valence-electron chi connectivity index (χ2n) is 4.12. The minimum atomic E-state index is -1.16. The molecular formula is C11H15F2N. The number of rotatable bonds is 3. The van der Waals surface area contributed by atoms with Crippen LogP contribution in [0.3, 0.4) is 0 Å². The van der Waals surface area contributed by atoms with E-state index < -0.39 is 11.7 Å². The van der Waals surface area contributed by atoms with Gasteiger partial charge in [-0.2, -0.15) is 0 Å². The fourth-order valence-electron chi connectivity index (χ4n) is 1.13.